The molecule has 2 aliphatic rings. The van der Waals surface area contributed by atoms with Crippen LogP contribution in [0.1, 0.15) is 18.5 Å². The Morgan fingerprint density at radius 3 is 2.44 bits per heavy atom. The van der Waals surface area contributed by atoms with Crippen LogP contribution < -0.4 is 4.90 Å². The van der Waals surface area contributed by atoms with Crippen molar-refractivity contribution >= 4 is 5.82 Å². The summed E-state index contributed by atoms with van der Waals surface area (Å²) in [5.74, 6) is 0.443. The summed E-state index contributed by atoms with van der Waals surface area (Å²) in [6, 6.07) is 1.96. The Kier molecular flexibility index (Phi) is 2.86. The van der Waals surface area contributed by atoms with Crippen molar-refractivity contribution in [3.05, 3.63) is 18.1 Å². The minimum Gasteiger partial charge on any atom is -0.355 e. The molecule has 1 spiro atoms. The van der Waals surface area contributed by atoms with E-state index in [-0.39, 0.29) is 5.79 Å². The molecule has 3 heterocycles. The highest BCUT2D eigenvalue weighted by atomic mass is 16.7. The maximum Gasteiger partial charge on any atom is 0.171 e. The third-order valence-corrected chi connectivity index (χ3v) is 3.42. The fraction of sp³-hybridized carbons (Fsp3) is 0.583. The van der Waals surface area contributed by atoms with Crippen LogP contribution in [0.5, 0.6) is 0 Å². The molecule has 0 aliphatic carbocycles. The number of piperidine rings is 1. The van der Waals surface area contributed by atoms with Crippen LogP contribution in [-0.2, 0) is 9.47 Å². The highest BCUT2D eigenvalue weighted by Gasteiger charge is 2.39. The third-order valence-electron chi connectivity index (χ3n) is 3.42. The number of nitriles is 1. The average Bonchev–Trinajstić information content (AvgIpc) is 2.88. The Hall–Kier alpha value is -1.71. The van der Waals surface area contributed by atoms with E-state index >= 15 is 0 Å². The lowest BCUT2D eigenvalue weighted by Crippen LogP contribution is -2.45. The largest absolute Gasteiger partial charge is 0.355 e. The van der Waals surface area contributed by atoms with E-state index in [9.17, 15) is 0 Å². The molecule has 0 bridgehead atoms. The van der Waals surface area contributed by atoms with Crippen LogP contribution in [0.3, 0.4) is 0 Å². The van der Waals surface area contributed by atoms with E-state index in [2.05, 4.69) is 14.9 Å². The van der Waals surface area contributed by atoms with Gasteiger partial charge >= 0.3 is 0 Å². The van der Waals surface area contributed by atoms with Gasteiger partial charge in [0.05, 0.1) is 25.6 Å². The second-order valence-electron chi connectivity index (χ2n) is 4.47. The maximum atomic E-state index is 8.68. The monoisotopic (exact) mass is 246 g/mol. The van der Waals surface area contributed by atoms with E-state index in [4.69, 9.17) is 14.7 Å². The molecule has 94 valence electrons. The summed E-state index contributed by atoms with van der Waals surface area (Å²) >= 11 is 0. The first-order valence-corrected chi connectivity index (χ1v) is 6.06. The molecule has 2 fully saturated rings. The standard InChI is InChI=1S/C12H14N4O2/c13-7-10-8-15-11(9-14-10)16-3-1-12(2-4-16)17-5-6-18-12/h8-9H,1-6H2. The molecule has 0 radical (unpaired) electrons. The molecule has 0 atom stereocenters. The zero-order valence-corrected chi connectivity index (χ0v) is 10.0. The Balaban J connectivity index is 1.66. The topological polar surface area (TPSA) is 71.3 Å². The molecule has 6 heteroatoms. The number of hydrogen-bond donors (Lipinski definition) is 0. The fourth-order valence-electron chi connectivity index (χ4n) is 2.40. The molecule has 1 aromatic rings. The molecule has 1 aromatic heterocycles. The van der Waals surface area contributed by atoms with Gasteiger partial charge in [0.15, 0.2) is 11.5 Å². The summed E-state index contributed by atoms with van der Waals surface area (Å²) in [6.45, 7) is 3.05. The van der Waals surface area contributed by atoms with Gasteiger partial charge in [0.2, 0.25) is 0 Å². The predicted octanol–water partition coefficient (Wildman–Crippen LogP) is 0.692. The van der Waals surface area contributed by atoms with Crippen molar-refractivity contribution in [2.75, 3.05) is 31.2 Å². The van der Waals surface area contributed by atoms with Crippen LogP contribution in [0.15, 0.2) is 12.4 Å². The zero-order chi connectivity index (χ0) is 12.4. The molecule has 18 heavy (non-hydrogen) atoms. The van der Waals surface area contributed by atoms with Crippen LogP contribution in [0.2, 0.25) is 0 Å². The van der Waals surface area contributed by atoms with E-state index in [0.29, 0.717) is 18.9 Å². The Morgan fingerprint density at radius 2 is 1.89 bits per heavy atom. The van der Waals surface area contributed by atoms with Crippen molar-refractivity contribution in [1.82, 2.24) is 9.97 Å². The van der Waals surface area contributed by atoms with Crippen molar-refractivity contribution < 1.29 is 9.47 Å². The van der Waals surface area contributed by atoms with Crippen LogP contribution in [0.25, 0.3) is 0 Å². The van der Waals surface area contributed by atoms with E-state index in [1.165, 1.54) is 6.20 Å². The molecule has 0 amide bonds. The molecule has 2 saturated heterocycles. The second kappa shape index (κ2) is 4.52. The normalized spacial score (nSPS) is 22.1. The number of aromatic nitrogens is 2. The van der Waals surface area contributed by atoms with E-state index < -0.39 is 0 Å². The van der Waals surface area contributed by atoms with Gasteiger partial charge in [0.25, 0.3) is 0 Å². The zero-order valence-electron chi connectivity index (χ0n) is 10.0. The van der Waals surface area contributed by atoms with Gasteiger partial charge in [0, 0.05) is 25.9 Å². The Morgan fingerprint density at radius 1 is 1.17 bits per heavy atom. The summed E-state index contributed by atoms with van der Waals surface area (Å²) in [4.78, 5) is 10.4. The van der Waals surface area contributed by atoms with Gasteiger partial charge in [-0.3, -0.25) is 0 Å². The number of hydrogen-bond acceptors (Lipinski definition) is 6. The second-order valence-corrected chi connectivity index (χ2v) is 4.47. The van der Waals surface area contributed by atoms with Gasteiger partial charge in [-0.25, -0.2) is 9.97 Å². The quantitative estimate of drug-likeness (QED) is 0.726. The fourth-order valence-corrected chi connectivity index (χ4v) is 2.40. The average molecular weight is 246 g/mol. The van der Waals surface area contributed by atoms with Crippen LogP contribution in [0, 0.1) is 11.3 Å². The minimum absolute atomic E-state index is 0.342. The lowest BCUT2D eigenvalue weighted by molar-refractivity contribution is -0.169. The summed E-state index contributed by atoms with van der Waals surface area (Å²) in [5, 5.41) is 8.68. The SMILES string of the molecule is N#Cc1cnc(N2CCC3(CC2)OCCO3)cn1. The summed E-state index contributed by atoms with van der Waals surface area (Å²) in [6.07, 6.45) is 4.83. The number of anilines is 1. The molecular weight excluding hydrogens is 232 g/mol. The van der Waals surface area contributed by atoms with Crippen molar-refractivity contribution in [3.63, 3.8) is 0 Å². The number of rotatable bonds is 1. The first-order valence-electron chi connectivity index (χ1n) is 6.06. The van der Waals surface area contributed by atoms with E-state index in [0.717, 1.165) is 31.7 Å². The smallest absolute Gasteiger partial charge is 0.171 e. The predicted molar refractivity (Wildman–Crippen MR) is 62.8 cm³/mol. The molecule has 2 aliphatic heterocycles. The third kappa shape index (κ3) is 2.03. The van der Waals surface area contributed by atoms with Crippen molar-refractivity contribution in [2.45, 2.75) is 18.6 Å². The maximum absolute atomic E-state index is 8.68. The number of nitrogens with zero attached hydrogens (tertiary/aromatic N) is 4. The van der Waals surface area contributed by atoms with Gasteiger partial charge in [-0.15, -0.1) is 0 Å². The van der Waals surface area contributed by atoms with Crippen LogP contribution in [-0.4, -0.2) is 42.1 Å². The molecule has 0 N–H and O–H groups in total. The first-order chi connectivity index (χ1) is 8.81. The van der Waals surface area contributed by atoms with Gasteiger partial charge < -0.3 is 14.4 Å². The van der Waals surface area contributed by atoms with E-state index in [1.807, 2.05) is 6.07 Å². The highest BCUT2D eigenvalue weighted by molar-refractivity contribution is 5.37. The molecule has 0 unspecified atom stereocenters. The molecule has 3 rings (SSSR count). The molecule has 0 saturated carbocycles. The number of ether oxygens (including phenoxy) is 2. The first kappa shape index (κ1) is 11.4. The van der Waals surface area contributed by atoms with Gasteiger partial charge in [0.1, 0.15) is 11.9 Å². The van der Waals surface area contributed by atoms with Gasteiger partial charge in [-0.05, 0) is 0 Å². The minimum atomic E-state index is -0.365. The van der Waals surface area contributed by atoms with Crippen molar-refractivity contribution in [1.29, 1.82) is 5.26 Å². The summed E-state index contributed by atoms with van der Waals surface area (Å²) < 4.78 is 11.3. The van der Waals surface area contributed by atoms with Crippen LogP contribution >= 0.6 is 0 Å². The summed E-state index contributed by atoms with van der Waals surface area (Å²) in [7, 11) is 0. The lowest BCUT2D eigenvalue weighted by atomic mass is 10.0. The molecule has 0 aromatic carbocycles. The van der Waals surface area contributed by atoms with Gasteiger partial charge in [-0.2, -0.15) is 5.26 Å². The highest BCUT2D eigenvalue weighted by Crippen LogP contribution is 2.32. The summed E-state index contributed by atoms with van der Waals surface area (Å²) in [5.41, 5.74) is 0.342. The Labute approximate surface area is 105 Å². The van der Waals surface area contributed by atoms with Crippen molar-refractivity contribution in [3.8, 4) is 6.07 Å². The van der Waals surface area contributed by atoms with Crippen molar-refractivity contribution in [2.24, 2.45) is 0 Å². The van der Waals surface area contributed by atoms with E-state index in [1.54, 1.807) is 6.20 Å². The van der Waals surface area contributed by atoms with Gasteiger partial charge in [-0.1, -0.05) is 0 Å². The molecule has 6 nitrogen and oxygen atoms in total. The lowest BCUT2D eigenvalue weighted by Gasteiger charge is -2.37. The molecular formula is C12H14N4O2. The van der Waals surface area contributed by atoms with Crippen LogP contribution in [0.4, 0.5) is 5.82 Å². The Bertz CT molecular complexity index is 452.